The third kappa shape index (κ3) is 3.59. The molecule has 0 spiro atoms. The van der Waals surface area contributed by atoms with Gasteiger partial charge in [0.05, 0.1) is 6.61 Å². The maximum absolute atomic E-state index is 11.8. The number of hydrogen-bond acceptors (Lipinski definition) is 5. The molecule has 0 saturated carbocycles. The lowest BCUT2D eigenvalue weighted by molar-refractivity contribution is 0.0512. The van der Waals surface area contributed by atoms with E-state index in [2.05, 4.69) is 62.0 Å². The second kappa shape index (κ2) is 7.30. The molecule has 0 radical (unpaired) electrons. The van der Waals surface area contributed by atoms with Crippen molar-refractivity contribution in [2.45, 2.75) is 32.2 Å². The first-order valence-corrected chi connectivity index (χ1v) is 8.90. The summed E-state index contributed by atoms with van der Waals surface area (Å²) in [7, 11) is 0. The zero-order valence-electron chi connectivity index (χ0n) is 13.8. The van der Waals surface area contributed by atoms with Gasteiger partial charge in [-0.2, -0.15) is 0 Å². The van der Waals surface area contributed by atoms with Gasteiger partial charge in [-0.15, -0.1) is 0 Å². The van der Waals surface area contributed by atoms with Crippen molar-refractivity contribution in [1.82, 2.24) is 9.97 Å². The molecule has 5 nitrogen and oxygen atoms in total. The summed E-state index contributed by atoms with van der Waals surface area (Å²) in [5, 5.41) is 0. The van der Waals surface area contributed by atoms with E-state index in [1.807, 2.05) is 6.07 Å². The lowest BCUT2D eigenvalue weighted by atomic mass is 9.97. The van der Waals surface area contributed by atoms with Crippen molar-refractivity contribution in [1.29, 1.82) is 0 Å². The van der Waals surface area contributed by atoms with Crippen LogP contribution >= 0.6 is 15.9 Å². The number of nitrogens with zero attached hydrogens (tertiary/aromatic N) is 3. The molecule has 1 saturated heterocycles. The average Bonchev–Trinajstić information content (AvgIpc) is 2.98. The highest BCUT2D eigenvalue weighted by Gasteiger charge is 2.31. The number of rotatable bonds is 4. The van der Waals surface area contributed by atoms with E-state index in [1.54, 1.807) is 13.1 Å². The maximum atomic E-state index is 11.8. The number of benzene rings is 1. The lowest BCUT2D eigenvalue weighted by Gasteiger charge is -2.22. The largest absolute Gasteiger partial charge is 0.460 e. The minimum Gasteiger partial charge on any atom is -0.460 e. The van der Waals surface area contributed by atoms with Crippen LogP contribution in [0.5, 0.6) is 0 Å². The quantitative estimate of drug-likeness (QED) is 0.744. The smallest absolute Gasteiger partial charge is 0.376 e. The zero-order chi connectivity index (χ0) is 17.1. The normalized spacial score (nSPS) is 20.2. The second-order valence-electron chi connectivity index (χ2n) is 5.94. The Bertz CT molecular complexity index is 720. The summed E-state index contributed by atoms with van der Waals surface area (Å²) < 4.78 is 6.07. The summed E-state index contributed by atoms with van der Waals surface area (Å²) in [6.07, 6.45) is 2.68. The third-order valence-corrected chi connectivity index (χ3v) is 4.84. The van der Waals surface area contributed by atoms with Gasteiger partial charge in [0, 0.05) is 29.2 Å². The molecule has 0 bridgehead atoms. The van der Waals surface area contributed by atoms with Crippen LogP contribution in [0.4, 0.5) is 5.82 Å². The van der Waals surface area contributed by atoms with Gasteiger partial charge in [-0.25, -0.2) is 14.8 Å². The van der Waals surface area contributed by atoms with Crippen molar-refractivity contribution in [3.8, 4) is 0 Å². The van der Waals surface area contributed by atoms with E-state index < -0.39 is 5.97 Å². The number of anilines is 1. The van der Waals surface area contributed by atoms with E-state index in [0.717, 1.165) is 23.3 Å². The van der Waals surface area contributed by atoms with E-state index in [4.69, 9.17) is 4.74 Å². The van der Waals surface area contributed by atoms with E-state index in [0.29, 0.717) is 18.6 Å². The van der Waals surface area contributed by atoms with Gasteiger partial charge in [0.15, 0.2) is 0 Å². The topological polar surface area (TPSA) is 55.3 Å². The molecule has 1 aliphatic heterocycles. The van der Waals surface area contributed by atoms with Gasteiger partial charge < -0.3 is 9.64 Å². The van der Waals surface area contributed by atoms with Gasteiger partial charge in [0.25, 0.3) is 0 Å². The molecule has 2 heterocycles. The molecule has 0 aliphatic carbocycles. The number of ether oxygens (including phenoxy) is 1. The molecule has 0 N–H and O–H groups in total. The van der Waals surface area contributed by atoms with E-state index in [-0.39, 0.29) is 5.82 Å². The fourth-order valence-electron chi connectivity index (χ4n) is 3.13. The summed E-state index contributed by atoms with van der Waals surface area (Å²) in [5.41, 5.74) is 1.33. The number of halogens is 1. The van der Waals surface area contributed by atoms with Crippen LogP contribution in [0.1, 0.15) is 42.4 Å². The third-order valence-electron chi connectivity index (χ3n) is 4.31. The van der Waals surface area contributed by atoms with Crippen LogP contribution in [-0.2, 0) is 4.74 Å². The minimum absolute atomic E-state index is 0.119. The Balaban J connectivity index is 1.79. The van der Waals surface area contributed by atoms with Crippen LogP contribution in [0.3, 0.4) is 0 Å². The molecule has 6 heteroatoms. The predicted octanol–water partition coefficient (Wildman–Crippen LogP) is 3.80. The fourth-order valence-corrected chi connectivity index (χ4v) is 3.39. The van der Waals surface area contributed by atoms with Gasteiger partial charge >= 0.3 is 5.97 Å². The second-order valence-corrected chi connectivity index (χ2v) is 6.86. The minimum atomic E-state index is -0.476. The van der Waals surface area contributed by atoms with Crippen LogP contribution in [-0.4, -0.2) is 35.1 Å². The Hall–Kier alpha value is -1.95. The van der Waals surface area contributed by atoms with Crippen LogP contribution in [0.25, 0.3) is 0 Å². The lowest BCUT2D eigenvalue weighted by Crippen LogP contribution is -2.28. The van der Waals surface area contributed by atoms with Crippen molar-refractivity contribution < 1.29 is 9.53 Å². The molecule has 1 aromatic carbocycles. The number of carbonyl (C=O) groups excluding carboxylic acids is 1. The Kier molecular flexibility index (Phi) is 5.14. The summed E-state index contributed by atoms with van der Waals surface area (Å²) in [6, 6.07) is 10.7. The van der Waals surface area contributed by atoms with Crippen molar-refractivity contribution in [2.24, 2.45) is 0 Å². The number of hydrogen-bond donors (Lipinski definition) is 0. The Morgan fingerprint density at radius 1 is 1.33 bits per heavy atom. The summed E-state index contributed by atoms with van der Waals surface area (Å²) in [6.45, 7) is 5.15. The number of esters is 1. The molecule has 2 unspecified atom stereocenters. The first-order valence-electron chi connectivity index (χ1n) is 8.10. The predicted molar refractivity (Wildman–Crippen MR) is 96.3 cm³/mol. The molecular formula is C18H20BrN3O2. The van der Waals surface area contributed by atoms with Crippen molar-refractivity contribution in [2.75, 3.05) is 18.1 Å². The summed E-state index contributed by atoms with van der Waals surface area (Å²) >= 11 is 3.48. The van der Waals surface area contributed by atoms with Gasteiger partial charge in [-0.3, -0.25) is 0 Å². The highest BCUT2D eigenvalue weighted by atomic mass is 79.9. The summed E-state index contributed by atoms with van der Waals surface area (Å²) in [5.74, 6) is 0.874. The van der Waals surface area contributed by atoms with Gasteiger partial charge in [0.1, 0.15) is 5.82 Å². The van der Waals surface area contributed by atoms with Crippen LogP contribution < -0.4 is 4.90 Å². The summed E-state index contributed by atoms with van der Waals surface area (Å²) in [4.78, 5) is 22.5. The van der Waals surface area contributed by atoms with Gasteiger partial charge in [0.2, 0.25) is 5.82 Å². The van der Waals surface area contributed by atoms with Gasteiger partial charge in [-0.1, -0.05) is 28.1 Å². The monoisotopic (exact) mass is 389 g/mol. The molecule has 3 rings (SSSR count). The molecular weight excluding hydrogens is 370 g/mol. The highest BCUT2D eigenvalue weighted by Crippen LogP contribution is 2.34. The Morgan fingerprint density at radius 3 is 2.79 bits per heavy atom. The van der Waals surface area contributed by atoms with Crippen LogP contribution in [0, 0.1) is 0 Å². The van der Waals surface area contributed by atoms with Gasteiger partial charge in [-0.05, 0) is 44.0 Å². The van der Waals surface area contributed by atoms with E-state index in [9.17, 15) is 4.79 Å². The first kappa shape index (κ1) is 16.9. The number of aromatic nitrogens is 2. The average molecular weight is 390 g/mol. The molecule has 126 valence electrons. The maximum Gasteiger partial charge on any atom is 0.376 e. The Labute approximate surface area is 150 Å². The van der Waals surface area contributed by atoms with Crippen molar-refractivity contribution in [3.05, 3.63) is 52.4 Å². The molecule has 0 amide bonds. The van der Waals surface area contributed by atoms with E-state index >= 15 is 0 Å². The highest BCUT2D eigenvalue weighted by molar-refractivity contribution is 9.10. The molecule has 1 aliphatic rings. The fraction of sp³-hybridized carbons (Fsp3) is 0.389. The van der Waals surface area contributed by atoms with Crippen molar-refractivity contribution in [3.63, 3.8) is 0 Å². The standard InChI is InChI=1S/C18H20BrN3O2/c1-3-24-18(23)17-20-9-8-16(21-17)22-11-14(10-12(22)2)13-4-6-15(19)7-5-13/h4-9,12,14H,3,10-11H2,1-2H3. The molecule has 2 aromatic rings. The van der Waals surface area contributed by atoms with Crippen LogP contribution in [0.15, 0.2) is 41.0 Å². The SMILES string of the molecule is CCOC(=O)c1nccc(N2CC(c3ccc(Br)cc3)CC2C)n1. The van der Waals surface area contributed by atoms with Crippen molar-refractivity contribution >= 4 is 27.7 Å². The van der Waals surface area contributed by atoms with Crippen LogP contribution in [0.2, 0.25) is 0 Å². The Morgan fingerprint density at radius 2 is 2.08 bits per heavy atom. The molecule has 1 fully saturated rings. The molecule has 1 aromatic heterocycles. The first-order chi connectivity index (χ1) is 11.6. The molecule has 2 atom stereocenters. The number of carbonyl (C=O) groups is 1. The zero-order valence-corrected chi connectivity index (χ0v) is 15.4. The van der Waals surface area contributed by atoms with E-state index in [1.165, 1.54) is 5.56 Å². The molecule has 24 heavy (non-hydrogen) atoms.